The molecule has 80 valence electrons. The third kappa shape index (κ3) is 2.09. The summed E-state index contributed by atoms with van der Waals surface area (Å²) in [7, 11) is 0. The lowest BCUT2D eigenvalue weighted by molar-refractivity contribution is 0.306. The molecule has 1 aliphatic carbocycles. The van der Waals surface area contributed by atoms with Crippen LogP contribution in [0.1, 0.15) is 31.9 Å². The lowest BCUT2D eigenvalue weighted by Crippen LogP contribution is -2.42. The minimum atomic E-state index is 0.197. The van der Waals surface area contributed by atoms with Crippen molar-refractivity contribution in [1.29, 1.82) is 0 Å². The van der Waals surface area contributed by atoms with Gasteiger partial charge in [-0.15, -0.1) is 0 Å². The van der Waals surface area contributed by atoms with E-state index in [0.717, 1.165) is 5.69 Å². The average Bonchev–Trinajstić information content (AvgIpc) is 2.16. The molecule has 0 atom stereocenters. The van der Waals surface area contributed by atoms with Gasteiger partial charge in [0.25, 0.3) is 0 Å². The number of pyridine rings is 1. The zero-order chi connectivity index (χ0) is 10.9. The van der Waals surface area contributed by atoms with Crippen LogP contribution < -0.4 is 11.1 Å². The van der Waals surface area contributed by atoms with Gasteiger partial charge in [0.1, 0.15) is 10.7 Å². The Kier molecular flexibility index (Phi) is 2.61. The van der Waals surface area contributed by atoms with Crippen molar-refractivity contribution in [3.05, 3.63) is 24.0 Å². The molecule has 1 fully saturated rings. The van der Waals surface area contributed by atoms with E-state index in [0.29, 0.717) is 10.7 Å². The molecule has 0 saturated heterocycles. The predicted octanol–water partition coefficient (Wildman–Crippen LogP) is 2.07. The van der Waals surface area contributed by atoms with Crippen LogP contribution in [0.25, 0.3) is 0 Å². The second-order valence-corrected chi connectivity index (χ2v) is 4.74. The van der Waals surface area contributed by atoms with Gasteiger partial charge in [-0.25, -0.2) is 0 Å². The van der Waals surface area contributed by atoms with E-state index in [9.17, 15) is 0 Å². The molecule has 4 heteroatoms. The van der Waals surface area contributed by atoms with E-state index in [1.54, 1.807) is 6.20 Å². The van der Waals surface area contributed by atoms with Crippen LogP contribution in [0.5, 0.6) is 0 Å². The summed E-state index contributed by atoms with van der Waals surface area (Å²) in [4.78, 5) is 4.54. The summed E-state index contributed by atoms with van der Waals surface area (Å²) < 4.78 is 0. The second kappa shape index (κ2) is 3.77. The van der Waals surface area contributed by atoms with E-state index in [1.165, 1.54) is 19.3 Å². The van der Waals surface area contributed by atoms with Gasteiger partial charge in [-0.05, 0) is 38.3 Å². The minimum absolute atomic E-state index is 0.197. The monoisotopic (exact) mass is 221 g/mol. The molecule has 0 radical (unpaired) electrons. The maximum absolute atomic E-state index is 5.62. The van der Waals surface area contributed by atoms with Gasteiger partial charge in [-0.1, -0.05) is 12.2 Å². The standard InChI is InChI=1S/C11H15N3S/c1-11(5-3-6-11)14-8-4-2-7-13-9(8)10(12)15/h2,4,7,14H,3,5-6H2,1H3,(H2,12,15). The summed E-state index contributed by atoms with van der Waals surface area (Å²) in [6.45, 7) is 2.22. The van der Waals surface area contributed by atoms with Gasteiger partial charge >= 0.3 is 0 Å². The molecule has 0 bridgehead atoms. The van der Waals surface area contributed by atoms with E-state index < -0.39 is 0 Å². The highest BCUT2D eigenvalue weighted by Gasteiger charge is 2.32. The SMILES string of the molecule is CC1(Nc2cccnc2C(N)=S)CCC1. The van der Waals surface area contributed by atoms with Crippen LogP contribution in [0.3, 0.4) is 0 Å². The summed E-state index contributed by atoms with van der Waals surface area (Å²) in [5.74, 6) is 0. The molecule has 0 aromatic carbocycles. The average molecular weight is 221 g/mol. The molecule has 1 aromatic rings. The lowest BCUT2D eigenvalue weighted by atomic mass is 9.78. The van der Waals surface area contributed by atoms with E-state index in [1.807, 2.05) is 12.1 Å². The third-order valence-corrected chi connectivity index (χ3v) is 3.13. The number of aromatic nitrogens is 1. The molecule has 1 heterocycles. The first-order valence-electron chi connectivity index (χ1n) is 5.14. The third-order valence-electron chi connectivity index (χ3n) is 2.93. The summed E-state index contributed by atoms with van der Waals surface area (Å²) in [6, 6.07) is 3.87. The van der Waals surface area contributed by atoms with Crippen LogP contribution in [0.15, 0.2) is 18.3 Å². The summed E-state index contributed by atoms with van der Waals surface area (Å²) >= 11 is 4.97. The van der Waals surface area contributed by atoms with E-state index >= 15 is 0 Å². The van der Waals surface area contributed by atoms with Crippen molar-refractivity contribution in [2.45, 2.75) is 31.7 Å². The fourth-order valence-corrected chi connectivity index (χ4v) is 2.02. The van der Waals surface area contributed by atoms with E-state index in [2.05, 4.69) is 17.2 Å². The summed E-state index contributed by atoms with van der Waals surface area (Å²) in [5, 5.41) is 3.47. The van der Waals surface area contributed by atoms with Crippen molar-refractivity contribution < 1.29 is 0 Å². The topological polar surface area (TPSA) is 50.9 Å². The number of thiocarbonyl (C=S) groups is 1. The number of nitrogens with zero attached hydrogens (tertiary/aromatic N) is 1. The quantitative estimate of drug-likeness (QED) is 0.767. The number of anilines is 1. The first kappa shape index (κ1) is 10.4. The second-order valence-electron chi connectivity index (χ2n) is 4.30. The van der Waals surface area contributed by atoms with Gasteiger partial charge in [0.15, 0.2) is 0 Å². The Bertz CT molecular complexity index is 385. The molecule has 1 aromatic heterocycles. The highest BCUT2D eigenvalue weighted by Crippen LogP contribution is 2.35. The zero-order valence-electron chi connectivity index (χ0n) is 8.79. The minimum Gasteiger partial charge on any atom is -0.388 e. The first-order chi connectivity index (χ1) is 7.11. The fourth-order valence-electron chi connectivity index (χ4n) is 1.86. The highest BCUT2D eigenvalue weighted by atomic mass is 32.1. The first-order valence-corrected chi connectivity index (χ1v) is 5.55. The van der Waals surface area contributed by atoms with E-state index in [4.69, 9.17) is 18.0 Å². The van der Waals surface area contributed by atoms with Crippen molar-refractivity contribution in [1.82, 2.24) is 4.98 Å². The molecule has 3 N–H and O–H groups in total. The molecule has 15 heavy (non-hydrogen) atoms. The molecule has 0 aliphatic heterocycles. The molecule has 3 nitrogen and oxygen atoms in total. The fraction of sp³-hybridized carbons (Fsp3) is 0.455. The van der Waals surface area contributed by atoms with Crippen molar-refractivity contribution >= 4 is 22.9 Å². The number of hydrogen-bond acceptors (Lipinski definition) is 3. The van der Waals surface area contributed by atoms with Gasteiger partial charge in [-0.2, -0.15) is 0 Å². The predicted molar refractivity (Wildman–Crippen MR) is 66.0 cm³/mol. The molecule has 0 amide bonds. The molecule has 0 unspecified atom stereocenters. The molecule has 2 rings (SSSR count). The Labute approximate surface area is 95.1 Å². The van der Waals surface area contributed by atoms with Gasteiger partial charge in [0.2, 0.25) is 0 Å². The van der Waals surface area contributed by atoms with Gasteiger partial charge < -0.3 is 11.1 Å². The van der Waals surface area contributed by atoms with Crippen LogP contribution in [0.4, 0.5) is 5.69 Å². The molecular formula is C11H15N3S. The highest BCUT2D eigenvalue weighted by molar-refractivity contribution is 7.80. The summed E-state index contributed by atoms with van der Waals surface area (Å²) in [6.07, 6.45) is 5.38. The Morgan fingerprint density at radius 3 is 2.87 bits per heavy atom. The number of nitrogens with one attached hydrogen (secondary N) is 1. The maximum Gasteiger partial charge on any atom is 0.124 e. The Balaban J connectivity index is 2.23. The van der Waals surface area contributed by atoms with E-state index in [-0.39, 0.29) is 5.54 Å². The normalized spacial score (nSPS) is 17.9. The van der Waals surface area contributed by atoms with Crippen LogP contribution in [0.2, 0.25) is 0 Å². The van der Waals surface area contributed by atoms with Crippen molar-refractivity contribution in [2.24, 2.45) is 5.73 Å². The molecule has 1 aliphatic rings. The van der Waals surface area contributed by atoms with Crippen molar-refractivity contribution in [2.75, 3.05) is 5.32 Å². The Morgan fingerprint density at radius 1 is 1.60 bits per heavy atom. The van der Waals surface area contributed by atoms with Gasteiger partial charge in [-0.3, -0.25) is 4.98 Å². The molecule has 0 spiro atoms. The zero-order valence-corrected chi connectivity index (χ0v) is 9.60. The largest absolute Gasteiger partial charge is 0.388 e. The van der Waals surface area contributed by atoms with Crippen LogP contribution in [-0.4, -0.2) is 15.5 Å². The molecular weight excluding hydrogens is 206 g/mol. The van der Waals surface area contributed by atoms with Crippen LogP contribution >= 0.6 is 12.2 Å². The summed E-state index contributed by atoms with van der Waals surface area (Å²) in [5.41, 5.74) is 7.46. The Hall–Kier alpha value is -1.16. The number of rotatable bonds is 3. The van der Waals surface area contributed by atoms with Crippen LogP contribution in [0, 0.1) is 0 Å². The lowest BCUT2D eigenvalue weighted by Gasteiger charge is -2.40. The number of nitrogens with two attached hydrogens (primary N) is 1. The van der Waals surface area contributed by atoms with Crippen LogP contribution in [-0.2, 0) is 0 Å². The molecule has 1 saturated carbocycles. The van der Waals surface area contributed by atoms with Gasteiger partial charge in [0, 0.05) is 11.7 Å². The Morgan fingerprint density at radius 2 is 2.33 bits per heavy atom. The number of hydrogen-bond donors (Lipinski definition) is 2. The maximum atomic E-state index is 5.62. The van der Waals surface area contributed by atoms with Gasteiger partial charge in [0.05, 0.1) is 5.69 Å². The van der Waals surface area contributed by atoms with Crippen molar-refractivity contribution in [3.63, 3.8) is 0 Å². The smallest absolute Gasteiger partial charge is 0.124 e. The van der Waals surface area contributed by atoms with Crippen molar-refractivity contribution in [3.8, 4) is 0 Å².